The first kappa shape index (κ1) is 27.9. The molecule has 3 saturated heterocycles. The van der Waals surface area contributed by atoms with Crippen LogP contribution in [0.2, 0.25) is 0 Å². The molecule has 3 aliphatic rings. The van der Waals surface area contributed by atoms with Gasteiger partial charge >= 0.3 is 0 Å². The maximum absolute atomic E-state index is 10.6. The molecule has 0 unspecified atom stereocenters. The molecule has 0 aromatic rings. The van der Waals surface area contributed by atoms with Gasteiger partial charge in [-0.05, 0) is 0 Å². The Labute approximate surface area is 192 Å². The summed E-state index contributed by atoms with van der Waals surface area (Å²) in [4.78, 5) is 0. The van der Waals surface area contributed by atoms with Crippen LogP contribution in [0, 0.1) is 0 Å². The molecule has 3 aliphatic heterocycles. The topological polar surface area (TPSA) is 269 Å². The van der Waals surface area contributed by atoms with Crippen LogP contribution in [0.3, 0.4) is 0 Å². The van der Waals surface area contributed by atoms with Crippen LogP contribution in [-0.2, 0) is 23.7 Å². The van der Waals surface area contributed by atoms with Crippen LogP contribution in [0.25, 0.3) is 0 Å². The highest BCUT2D eigenvalue weighted by molar-refractivity contribution is 4.96. The summed E-state index contributed by atoms with van der Waals surface area (Å²) in [6.07, 6.45) is -25.6. The van der Waals surface area contributed by atoms with Crippen molar-refractivity contribution in [2.24, 2.45) is 0 Å². The molecule has 34 heavy (non-hydrogen) atoms. The van der Waals surface area contributed by atoms with E-state index in [4.69, 9.17) is 23.7 Å². The van der Waals surface area contributed by atoms with Gasteiger partial charge in [-0.3, -0.25) is 0 Å². The third-order valence-corrected chi connectivity index (χ3v) is 6.10. The van der Waals surface area contributed by atoms with Crippen molar-refractivity contribution in [1.82, 2.24) is 0 Å². The average Bonchev–Trinajstić information content (AvgIpc) is 2.83. The summed E-state index contributed by atoms with van der Waals surface area (Å²) < 4.78 is 26.5. The van der Waals surface area contributed by atoms with E-state index in [0.717, 1.165) is 0 Å². The molecule has 0 bridgehead atoms. The standard InChI is InChI=1S/C18H32O16/c19-1-4-7(22)10(25)12(27)17(31-4)33-14-9(24)6(3-21)30-16(29)15(14)34-18-13(28)11(26)8(23)5(2-20)32-18/h4-29H,1-3H2/t4-,5-,6-,7+,8-,9-,10+,11+,12-,13-,14+,15-,16-,17+,18+/m1/s1. The van der Waals surface area contributed by atoms with Gasteiger partial charge in [0, 0.05) is 0 Å². The predicted molar refractivity (Wildman–Crippen MR) is 101 cm³/mol. The Kier molecular flexibility index (Phi) is 9.54. The number of hydrogen-bond donors (Lipinski definition) is 11. The molecule has 0 aromatic heterocycles. The Morgan fingerprint density at radius 1 is 0.441 bits per heavy atom. The summed E-state index contributed by atoms with van der Waals surface area (Å²) in [7, 11) is 0. The second kappa shape index (κ2) is 11.6. The lowest BCUT2D eigenvalue weighted by Crippen LogP contribution is -2.67. The molecule has 11 N–H and O–H groups in total. The molecule has 0 aromatic carbocycles. The lowest BCUT2D eigenvalue weighted by Gasteiger charge is -2.48. The van der Waals surface area contributed by atoms with E-state index in [2.05, 4.69) is 0 Å². The summed E-state index contributed by atoms with van der Waals surface area (Å²) >= 11 is 0. The Morgan fingerprint density at radius 3 is 1.24 bits per heavy atom. The van der Waals surface area contributed by atoms with Crippen LogP contribution in [0.4, 0.5) is 0 Å². The zero-order valence-corrected chi connectivity index (χ0v) is 17.7. The van der Waals surface area contributed by atoms with E-state index in [0.29, 0.717) is 0 Å². The third-order valence-electron chi connectivity index (χ3n) is 6.10. The lowest BCUT2D eigenvalue weighted by molar-refractivity contribution is -0.387. The summed E-state index contributed by atoms with van der Waals surface area (Å²) in [6.45, 7) is -2.33. The molecule has 200 valence electrons. The predicted octanol–water partition coefficient (Wildman–Crippen LogP) is -7.57. The molecule has 0 spiro atoms. The maximum Gasteiger partial charge on any atom is 0.187 e. The van der Waals surface area contributed by atoms with E-state index < -0.39 is 112 Å². The SMILES string of the molecule is OC[C@H]1O[C@@H](O[C@H]2[C@H](O)[C@@H](CO)O[C@@H](O)[C@@H]2O[C@@H]2O[C@H](CO)[C@@H](O)[C@H](O)[C@H]2O)[C@H](O)[C@@H](O)[C@H]1O. The van der Waals surface area contributed by atoms with Crippen molar-refractivity contribution in [3.05, 3.63) is 0 Å². The summed E-state index contributed by atoms with van der Waals surface area (Å²) in [5.74, 6) is 0. The second-order valence-electron chi connectivity index (χ2n) is 8.33. The Balaban J connectivity index is 1.83. The highest BCUT2D eigenvalue weighted by Crippen LogP contribution is 2.32. The van der Waals surface area contributed by atoms with Crippen molar-refractivity contribution in [2.75, 3.05) is 19.8 Å². The fraction of sp³-hybridized carbons (Fsp3) is 1.00. The quantitative estimate of drug-likeness (QED) is 0.154. The molecule has 0 aliphatic carbocycles. The van der Waals surface area contributed by atoms with E-state index in [1.165, 1.54) is 0 Å². The van der Waals surface area contributed by atoms with Gasteiger partial charge < -0.3 is 79.9 Å². The average molecular weight is 504 g/mol. The van der Waals surface area contributed by atoms with Crippen LogP contribution in [0.5, 0.6) is 0 Å². The zero-order chi connectivity index (χ0) is 25.3. The first-order valence-corrected chi connectivity index (χ1v) is 10.6. The Bertz CT molecular complexity index is 637. The van der Waals surface area contributed by atoms with Crippen molar-refractivity contribution in [3.63, 3.8) is 0 Å². The molecule has 3 heterocycles. The van der Waals surface area contributed by atoms with E-state index >= 15 is 0 Å². The Morgan fingerprint density at radius 2 is 0.824 bits per heavy atom. The van der Waals surface area contributed by atoms with Crippen molar-refractivity contribution < 1.29 is 79.9 Å². The van der Waals surface area contributed by atoms with Gasteiger partial charge in [0.1, 0.15) is 73.2 Å². The minimum absolute atomic E-state index is 0.769. The van der Waals surface area contributed by atoms with E-state index in [-0.39, 0.29) is 0 Å². The summed E-state index contributed by atoms with van der Waals surface area (Å²) in [5.41, 5.74) is 0. The molecular weight excluding hydrogens is 472 g/mol. The monoisotopic (exact) mass is 504 g/mol. The number of hydrogen-bond acceptors (Lipinski definition) is 16. The van der Waals surface area contributed by atoms with Crippen LogP contribution in [-0.4, -0.2) is 168 Å². The molecule has 0 saturated carbocycles. The van der Waals surface area contributed by atoms with Crippen molar-refractivity contribution in [3.8, 4) is 0 Å². The molecular formula is C18H32O16. The van der Waals surface area contributed by atoms with Gasteiger partial charge in [-0.25, -0.2) is 0 Å². The first-order valence-electron chi connectivity index (χ1n) is 10.6. The fourth-order valence-corrected chi connectivity index (χ4v) is 4.03. The van der Waals surface area contributed by atoms with Crippen molar-refractivity contribution in [2.45, 2.75) is 92.1 Å². The van der Waals surface area contributed by atoms with Gasteiger partial charge in [0.05, 0.1) is 19.8 Å². The third kappa shape index (κ3) is 5.37. The fourth-order valence-electron chi connectivity index (χ4n) is 4.03. The first-order chi connectivity index (χ1) is 16.0. The van der Waals surface area contributed by atoms with E-state index in [1.54, 1.807) is 0 Å². The number of aliphatic hydroxyl groups is 11. The number of ether oxygens (including phenoxy) is 5. The lowest BCUT2D eigenvalue weighted by atomic mass is 9.96. The van der Waals surface area contributed by atoms with Crippen LogP contribution in [0.1, 0.15) is 0 Å². The van der Waals surface area contributed by atoms with Gasteiger partial charge in [-0.2, -0.15) is 0 Å². The highest BCUT2D eigenvalue weighted by atomic mass is 16.8. The molecule has 3 fully saturated rings. The normalized spacial score (nSPS) is 52.5. The van der Waals surface area contributed by atoms with Crippen LogP contribution >= 0.6 is 0 Å². The molecule has 16 heteroatoms. The second-order valence-corrected chi connectivity index (χ2v) is 8.33. The number of aliphatic hydroxyl groups excluding tert-OH is 11. The zero-order valence-electron chi connectivity index (χ0n) is 17.7. The van der Waals surface area contributed by atoms with Crippen LogP contribution < -0.4 is 0 Å². The molecule has 3 rings (SSSR count). The smallest absolute Gasteiger partial charge is 0.187 e. The van der Waals surface area contributed by atoms with Crippen molar-refractivity contribution >= 4 is 0 Å². The van der Waals surface area contributed by atoms with Gasteiger partial charge in [-0.15, -0.1) is 0 Å². The summed E-state index contributed by atoms with van der Waals surface area (Å²) in [5, 5.41) is 109. The minimum atomic E-state index is -1.94. The van der Waals surface area contributed by atoms with E-state index in [1.807, 2.05) is 0 Å². The highest BCUT2D eigenvalue weighted by Gasteiger charge is 2.53. The number of rotatable bonds is 7. The molecule has 0 amide bonds. The van der Waals surface area contributed by atoms with Gasteiger partial charge in [0.25, 0.3) is 0 Å². The van der Waals surface area contributed by atoms with Gasteiger partial charge in [-0.1, -0.05) is 0 Å². The van der Waals surface area contributed by atoms with Gasteiger partial charge in [0.15, 0.2) is 18.9 Å². The molecule has 0 radical (unpaired) electrons. The molecule has 15 atom stereocenters. The molecule has 16 nitrogen and oxygen atoms in total. The largest absolute Gasteiger partial charge is 0.394 e. The summed E-state index contributed by atoms with van der Waals surface area (Å²) in [6, 6.07) is 0. The Hall–Kier alpha value is -0.640. The minimum Gasteiger partial charge on any atom is -0.394 e. The van der Waals surface area contributed by atoms with E-state index in [9.17, 15) is 56.2 Å². The maximum atomic E-state index is 10.6. The van der Waals surface area contributed by atoms with Crippen molar-refractivity contribution in [1.29, 1.82) is 0 Å². The van der Waals surface area contributed by atoms with Gasteiger partial charge in [0.2, 0.25) is 0 Å². The van der Waals surface area contributed by atoms with Crippen LogP contribution in [0.15, 0.2) is 0 Å².